The summed E-state index contributed by atoms with van der Waals surface area (Å²) >= 11 is 1.03. The summed E-state index contributed by atoms with van der Waals surface area (Å²) in [6.45, 7) is 9.99. The minimum Gasteiger partial charge on any atom is -0.465 e. The maximum Gasteiger partial charge on any atom is 0.340 e. The van der Waals surface area contributed by atoms with Gasteiger partial charge in [0, 0.05) is 16.8 Å². The number of benzene rings is 1. The summed E-state index contributed by atoms with van der Waals surface area (Å²) in [6.07, 6.45) is 0.400. The van der Waals surface area contributed by atoms with Crippen LogP contribution in [0.1, 0.15) is 52.7 Å². The molecular weight excluding hydrogens is 436 g/mol. The fraction of sp³-hybridized carbons (Fsp3) is 0.455. The van der Waals surface area contributed by atoms with E-state index >= 15 is 0 Å². The van der Waals surface area contributed by atoms with Gasteiger partial charge in [-0.3, -0.25) is 9.52 Å². The number of hydrogen-bond acceptors (Lipinski definition) is 6. The molecule has 1 aliphatic rings. The molecule has 0 atom stereocenters. The predicted molar refractivity (Wildman–Crippen MR) is 121 cm³/mol. The van der Waals surface area contributed by atoms with Crippen molar-refractivity contribution in [3.8, 4) is 0 Å². The van der Waals surface area contributed by atoms with Gasteiger partial charge in [-0.1, -0.05) is 32.9 Å². The van der Waals surface area contributed by atoms with Crippen LogP contribution >= 0.6 is 11.3 Å². The molecule has 31 heavy (non-hydrogen) atoms. The van der Waals surface area contributed by atoms with Gasteiger partial charge in [0.15, 0.2) is 4.21 Å². The van der Waals surface area contributed by atoms with Crippen LogP contribution in [-0.4, -0.2) is 38.8 Å². The molecule has 0 fully saturated rings. The van der Waals surface area contributed by atoms with Crippen molar-refractivity contribution < 1.29 is 22.7 Å². The summed E-state index contributed by atoms with van der Waals surface area (Å²) in [6, 6.07) is 5.36. The maximum absolute atomic E-state index is 13.3. The maximum atomic E-state index is 13.3. The Bertz CT molecular complexity index is 1140. The van der Waals surface area contributed by atoms with Crippen LogP contribution in [-0.2, 0) is 32.5 Å². The van der Waals surface area contributed by atoms with Gasteiger partial charge < -0.3 is 9.64 Å². The molecule has 0 spiro atoms. The third-order valence-electron chi connectivity index (χ3n) is 5.44. The van der Waals surface area contributed by atoms with Crippen LogP contribution in [0.15, 0.2) is 22.4 Å². The van der Waals surface area contributed by atoms with Gasteiger partial charge in [0.25, 0.3) is 10.0 Å². The van der Waals surface area contributed by atoms with E-state index in [0.717, 1.165) is 22.5 Å². The standard InChI is InChI=1S/C22H28N2O5S2/c1-13-8-7-9-16(14(13)2)23-31(27,28)20-18(19(25)29-6)15-10-11-24(12-17(15)30-20)21(26)22(3,4)5/h7-9,23H,10-12H2,1-6H3. The highest BCUT2D eigenvalue weighted by molar-refractivity contribution is 7.94. The van der Waals surface area contributed by atoms with Gasteiger partial charge in [-0.2, -0.15) is 0 Å². The molecule has 3 rings (SSSR count). The third kappa shape index (κ3) is 4.48. The molecule has 1 aromatic heterocycles. The number of nitrogens with zero attached hydrogens (tertiary/aromatic N) is 1. The number of hydrogen-bond donors (Lipinski definition) is 1. The number of amides is 1. The lowest BCUT2D eigenvalue weighted by Crippen LogP contribution is -2.42. The summed E-state index contributed by atoms with van der Waals surface area (Å²) in [5.41, 5.74) is 2.41. The van der Waals surface area contributed by atoms with Crippen molar-refractivity contribution >= 4 is 38.9 Å². The Morgan fingerprint density at radius 3 is 2.48 bits per heavy atom. The highest BCUT2D eigenvalue weighted by Crippen LogP contribution is 2.38. The molecule has 0 unspecified atom stereocenters. The van der Waals surface area contributed by atoms with Crippen LogP contribution in [0.3, 0.4) is 0 Å². The van der Waals surface area contributed by atoms with Crippen molar-refractivity contribution in [2.24, 2.45) is 5.41 Å². The molecule has 0 saturated carbocycles. The number of aryl methyl sites for hydroxylation is 1. The molecule has 0 saturated heterocycles. The molecule has 0 radical (unpaired) electrons. The summed E-state index contributed by atoms with van der Waals surface area (Å²) in [4.78, 5) is 27.7. The Morgan fingerprint density at radius 2 is 1.87 bits per heavy atom. The van der Waals surface area contributed by atoms with Gasteiger partial charge in [-0.25, -0.2) is 13.2 Å². The predicted octanol–water partition coefficient (Wildman–Crippen LogP) is 3.88. The molecule has 9 heteroatoms. The molecule has 0 bridgehead atoms. The molecule has 168 valence electrons. The number of rotatable bonds is 4. The Morgan fingerprint density at radius 1 is 1.19 bits per heavy atom. The monoisotopic (exact) mass is 464 g/mol. The second kappa shape index (κ2) is 8.27. The van der Waals surface area contributed by atoms with Gasteiger partial charge in [0.05, 0.1) is 24.9 Å². The fourth-order valence-corrected chi connectivity index (χ4v) is 6.60. The quantitative estimate of drug-likeness (QED) is 0.693. The number of anilines is 1. The molecule has 7 nitrogen and oxygen atoms in total. The number of sulfonamides is 1. The van der Waals surface area contributed by atoms with Crippen molar-refractivity contribution in [2.75, 3.05) is 18.4 Å². The first-order valence-electron chi connectivity index (χ1n) is 9.98. The van der Waals surface area contributed by atoms with Crippen molar-refractivity contribution in [2.45, 2.75) is 51.8 Å². The van der Waals surface area contributed by atoms with Crippen LogP contribution < -0.4 is 4.72 Å². The average Bonchev–Trinajstić information content (AvgIpc) is 3.09. The number of fused-ring (bicyclic) bond motifs is 1. The minimum atomic E-state index is -4.03. The number of nitrogens with one attached hydrogen (secondary N) is 1. The third-order valence-corrected chi connectivity index (χ3v) is 8.54. The number of esters is 1. The van der Waals surface area contributed by atoms with Crippen LogP contribution in [0.2, 0.25) is 0 Å². The highest BCUT2D eigenvalue weighted by atomic mass is 32.2. The molecule has 1 aliphatic heterocycles. The topological polar surface area (TPSA) is 92.8 Å². The zero-order valence-corrected chi connectivity index (χ0v) is 20.3. The number of thiophene rings is 1. The molecule has 2 heterocycles. The van der Waals surface area contributed by atoms with Gasteiger partial charge >= 0.3 is 5.97 Å². The largest absolute Gasteiger partial charge is 0.465 e. The molecule has 2 aromatic rings. The Hall–Kier alpha value is -2.39. The molecular formula is C22H28N2O5S2. The summed E-state index contributed by atoms with van der Waals surface area (Å²) in [7, 11) is -2.80. The second-order valence-electron chi connectivity index (χ2n) is 8.74. The Labute approximate surface area is 187 Å². The Kier molecular flexibility index (Phi) is 6.21. The summed E-state index contributed by atoms with van der Waals surface area (Å²) in [5.74, 6) is -0.696. The first kappa shape index (κ1) is 23.3. The lowest BCUT2D eigenvalue weighted by Gasteiger charge is -2.32. The van der Waals surface area contributed by atoms with Gasteiger partial charge in [0.2, 0.25) is 5.91 Å². The zero-order valence-electron chi connectivity index (χ0n) is 18.7. The Balaban J connectivity index is 2.05. The van der Waals surface area contributed by atoms with E-state index in [4.69, 9.17) is 4.74 Å². The lowest BCUT2D eigenvalue weighted by molar-refractivity contribution is -0.140. The molecule has 0 aliphatic carbocycles. The first-order valence-corrected chi connectivity index (χ1v) is 12.3. The fourth-order valence-electron chi connectivity index (χ4n) is 3.58. The van der Waals surface area contributed by atoms with Gasteiger partial charge in [0.1, 0.15) is 0 Å². The zero-order chi connectivity index (χ0) is 23.1. The van der Waals surface area contributed by atoms with E-state index in [9.17, 15) is 18.0 Å². The van der Waals surface area contributed by atoms with E-state index in [1.54, 1.807) is 17.0 Å². The van der Waals surface area contributed by atoms with E-state index < -0.39 is 21.4 Å². The van der Waals surface area contributed by atoms with E-state index in [0.29, 0.717) is 29.1 Å². The number of carbonyl (C=O) groups excluding carboxylic acids is 2. The van der Waals surface area contributed by atoms with Crippen LogP contribution in [0.4, 0.5) is 5.69 Å². The van der Waals surface area contributed by atoms with Crippen molar-refractivity contribution in [3.05, 3.63) is 45.3 Å². The van der Waals surface area contributed by atoms with Crippen LogP contribution in [0.25, 0.3) is 0 Å². The van der Waals surface area contributed by atoms with Crippen LogP contribution in [0, 0.1) is 19.3 Å². The van der Waals surface area contributed by atoms with E-state index in [-0.39, 0.29) is 22.2 Å². The minimum absolute atomic E-state index is 0.0101. The van der Waals surface area contributed by atoms with Crippen LogP contribution in [0.5, 0.6) is 0 Å². The first-order chi connectivity index (χ1) is 14.4. The molecule has 1 amide bonds. The van der Waals surface area contributed by atoms with E-state index in [2.05, 4.69) is 4.72 Å². The van der Waals surface area contributed by atoms with Crippen molar-refractivity contribution in [3.63, 3.8) is 0 Å². The second-order valence-corrected chi connectivity index (χ2v) is 11.7. The normalized spacial score (nSPS) is 14.2. The van der Waals surface area contributed by atoms with Crippen molar-refractivity contribution in [1.82, 2.24) is 4.90 Å². The number of carbonyl (C=O) groups is 2. The van der Waals surface area contributed by atoms with Gasteiger partial charge in [-0.05, 0) is 43.0 Å². The lowest BCUT2D eigenvalue weighted by atomic mass is 9.93. The SMILES string of the molecule is COC(=O)c1c(S(=O)(=O)Nc2cccc(C)c2C)sc2c1CCN(C(=O)C(C)(C)C)C2. The molecule has 1 aromatic carbocycles. The highest BCUT2D eigenvalue weighted by Gasteiger charge is 2.37. The molecule has 1 N–H and O–H groups in total. The average molecular weight is 465 g/mol. The number of ether oxygens (including phenoxy) is 1. The van der Waals surface area contributed by atoms with Crippen molar-refractivity contribution in [1.29, 1.82) is 0 Å². The summed E-state index contributed by atoms with van der Waals surface area (Å²) in [5, 5.41) is 0. The van der Waals surface area contributed by atoms with E-state index in [1.807, 2.05) is 40.7 Å². The van der Waals surface area contributed by atoms with E-state index in [1.165, 1.54) is 7.11 Å². The number of methoxy groups -OCH3 is 1. The smallest absolute Gasteiger partial charge is 0.340 e. The summed E-state index contributed by atoms with van der Waals surface area (Å²) < 4.78 is 34.1. The van der Waals surface area contributed by atoms with Gasteiger partial charge in [-0.15, -0.1) is 11.3 Å².